The van der Waals surface area contributed by atoms with Gasteiger partial charge in [0.15, 0.2) is 0 Å². The second-order valence-corrected chi connectivity index (χ2v) is 5.53. The number of benzene rings is 1. The number of piperazine rings is 1. The number of nitrogens with two attached hydrogens (primary N) is 1. The fraction of sp³-hybridized carbons (Fsp3) is 0.625. The van der Waals surface area contributed by atoms with Crippen molar-refractivity contribution in [3.05, 3.63) is 29.8 Å². The molecule has 0 spiro atoms. The zero-order chi connectivity index (χ0) is 14.5. The Balaban J connectivity index is 2.12. The fourth-order valence-corrected chi connectivity index (χ4v) is 3.23. The molecule has 20 heavy (non-hydrogen) atoms. The van der Waals surface area contributed by atoms with Gasteiger partial charge < -0.3 is 10.8 Å². The van der Waals surface area contributed by atoms with Crippen molar-refractivity contribution in [1.29, 1.82) is 0 Å². The molecular weight excluding hydrogens is 250 g/mol. The summed E-state index contributed by atoms with van der Waals surface area (Å²) in [5.74, 6) is 0.320. The third-order valence-electron chi connectivity index (χ3n) is 4.43. The number of nitrogens with zero attached hydrogens (tertiary/aromatic N) is 2. The summed E-state index contributed by atoms with van der Waals surface area (Å²) in [5, 5.41) is 9.67. The Bertz CT molecular complexity index is 424. The van der Waals surface area contributed by atoms with Crippen LogP contribution in [0.4, 0.5) is 0 Å². The quantitative estimate of drug-likeness (QED) is 0.862. The van der Waals surface area contributed by atoms with Gasteiger partial charge in [-0.3, -0.25) is 9.80 Å². The average molecular weight is 277 g/mol. The number of phenols is 1. The first-order chi connectivity index (χ1) is 9.69. The van der Waals surface area contributed by atoms with Gasteiger partial charge in [-0.25, -0.2) is 0 Å². The SMILES string of the molecule is CCC1CN(C(CN)c2cccc(O)c2)CCN1CC. The van der Waals surface area contributed by atoms with Crippen LogP contribution in [0.1, 0.15) is 31.9 Å². The highest BCUT2D eigenvalue weighted by Gasteiger charge is 2.29. The van der Waals surface area contributed by atoms with Crippen molar-refractivity contribution >= 4 is 0 Å². The molecule has 0 saturated carbocycles. The van der Waals surface area contributed by atoms with Gasteiger partial charge in [0.05, 0.1) is 0 Å². The molecule has 0 amide bonds. The van der Waals surface area contributed by atoms with Gasteiger partial charge in [0.25, 0.3) is 0 Å². The first-order valence-electron chi connectivity index (χ1n) is 7.66. The van der Waals surface area contributed by atoms with E-state index in [-0.39, 0.29) is 6.04 Å². The predicted octanol–water partition coefficient (Wildman–Crippen LogP) is 1.81. The fourth-order valence-electron chi connectivity index (χ4n) is 3.23. The van der Waals surface area contributed by atoms with Crippen molar-refractivity contribution in [3.63, 3.8) is 0 Å². The van der Waals surface area contributed by atoms with E-state index in [1.807, 2.05) is 12.1 Å². The molecule has 1 fully saturated rings. The maximum absolute atomic E-state index is 9.67. The van der Waals surface area contributed by atoms with E-state index in [4.69, 9.17) is 5.73 Å². The maximum Gasteiger partial charge on any atom is 0.115 e. The molecule has 112 valence electrons. The Hall–Kier alpha value is -1.10. The monoisotopic (exact) mass is 277 g/mol. The van der Waals surface area contributed by atoms with Gasteiger partial charge in [0, 0.05) is 38.3 Å². The van der Waals surface area contributed by atoms with E-state index < -0.39 is 0 Å². The van der Waals surface area contributed by atoms with Crippen LogP contribution in [0.2, 0.25) is 0 Å². The number of hydrogen-bond donors (Lipinski definition) is 2. The number of phenolic OH excluding ortho intramolecular Hbond substituents is 1. The molecule has 4 nitrogen and oxygen atoms in total. The minimum absolute atomic E-state index is 0.204. The van der Waals surface area contributed by atoms with Crippen molar-refractivity contribution in [1.82, 2.24) is 9.80 Å². The molecule has 0 radical (unpaired) electrons. The summed E-state index contributed by atoms with van der Waals surface area (Å²) in [4.78, 5) is 5.02. The molecule has 4 heteroatoms. The van der Waals surface area contributed by atoms with E-state index in [0.29, 0.717) is 18.3 Å². The van der Waals surface area contributed by atoms with Crippen LogP contribution >= 0.6 is 0 Å². The topological polar surface area (TPSA) is 52.7 Å². The standard InChI is InChI=1S/C16H27N3O/c1-3-14-12-19(9-8-18(14)4-2)16(11-17)13-6-5-7-15(20)10-13/h5-7,10,14,16,20H,3-4,8-9,11-12,17H2,1-2H3. The highest BCUT2D eigenvalue weighted by atomic mass is 16.3. The van der Waals surface area contributed by atoms with E-state index >= 15 is 0 Å². The lowest BCUT2D eigenvalue weighted by molar-refractivity contribution is 0.0508. The molecule has 1 heterocycles. The van der Waals surface area contributed by atoms with Crippen molar-refractivity contribution in [2.45, 2.75) is 32.4 Å². The first kappa shape index (κ1) is 15.3. The van der Waals surface area contributed by atoms with Crippen molar-refractivity contribution < 1.29 is 5.11 Å². The Kier molecular flexibility index (Phi) is 5.40. The molecule has 1 aromatic rings. The van der Waals surface area contributed by atoms with Gasteiger partial charge in [0.1, 0.15) is 5.75 Å². The van der Waals surface area contributed by atoms with Crippen LogP contribution in [0.3, 0.4) is 0 Å². The average Bonchev–Trinajstić information content (AvgIpc) is 2.48. The van der Waals surface area contributed by atoms with Crippen LogP contribution in [-0.4, -0.2) is 53.7 Å². The minimum Gasteiger partial charge on any atom is -0.508 e. The van der Waals surface area contributed by atoms with Crippen LogP contribution in [-0.2, 0) is 0 Å². The smallest absolute Gasteiger partial charge is 0.115 e. The molecule has 2 rings (SSSR count). The molecule has 2 atom stereocenters. The second-order valence-electron chi connectivity index (χ2n) is 5.53. The van der Waals surface area contributed by atoms with Crippen LogP contribution in [0.25, 0.3) is 0 Å². The summed E-state index contributed by atoms with van der Waals surface area (Å²) in [5.41, 5.74) is 7.12. The lowest BCUT2D eigenvalue weighted by Crippen LogP contribution is -2.54. The van der Waals surface area contributed by atoms with Crippen LogP contribution in [0.5, 0.6) is 5.75 Å². The zero-order valence-corrected chi connectivity index (χ0v) is 12.6. The summed E-state index contributed by atoms with van der Waals surface area (Å²) in [6.45, 7) is 9.39. The minimum atomic E-state index is 0.204. The molecular formula is C16H27N3O. The van der Waals surface area contributed by atoms with E-state index in [9.17, 15) is 5.11 Å². The summed E-state index contributed by atoms with van der Waals surface area (Å²) in [6.07, 6.45) is 1.17. The molecule has 3 N–H and O–H groups in total. The molecule has 0 bridgehead atoms. The number of hydrogen-bond acceptors (Lipinski definition) is 4. The molecule has 2 unspecified atom stereocenters. The zero-order valence-electron chi connectivity index (χ0n) is 12.6. The maximum atomic E-state index is 9.67. The Morgan fingerprint density at radius 2 is 2.15 bits per heavy atom. The van der Waals surface area contributed by atoms with Gasteiger partial charge in [-0.05, 0) is 30.7 Å². The number of aromatic hydroxyl groups is 1. The first-order valence-corrected chi connectivity index (χ1v) is 7.66. The Morgan fingerprint density at radius 1 is 1.35 bits per heavy atom. The van der Waals surface area contributed by atoms with Crippen LogP contribution in [0, 0.1) is 0 Å². The summed E-state index contributed by atoms with van der Waals surface area (Å²) in [7, 11) is 0. The molecule has 0 aliphatic carbocycles. The largest absolute Gasteiger partial charge is 0.508 e. The van der Waals surface area contributed by atoms with Crippen LogP contribution in [0.15, 0.2) is 24.3 Å². The third-order valence-corrected chi connectivity index (χ3v) is 4.43. The summed E-state index contributed by atoms with van der Waals surface area (Å²) in [6, 6.07) is 8.32. The van der Waals surface area contributed by atoms with Gasteiger partial charge in [-0.1, -0.05) is 26.0 Å². The molecule has 0 aromatic heterocycles. The van der Waals surface area contributed by atoms with Gasteiger partial charge in [0.2, 0.25) is 0 Å². The second kappa shape index (κ2) is 7.07. The van der Waals surface area contributed by atoms with Crippen molar-refractivity contribution in [2.24, 2.45) is 5.73 Å². The Labute approximate surface area is 122 Å². The number of likely N-dealkylation sites (N-methyl/N-ethyl adjacent to an activating group) is 1. The van der Waals surface area contributed by atoms with Crippen LogP contribution < -0.4 is 5.73 Å². The van der Waals surface area contributed by atoms with Crippen molar-refractivity contribution in [2.75, 3.05) is 32.7 Å². The highest BCUT2D eigenvalue weighted by Crippen LogP contribution is 2.26. The van der Waals surface area contributed by atoms with E-state index in [2.05, 4.69) is 29.7 Å². The highest BCUT2D eigenvalue weighted by molar-refractivity contribution is 5.29. The summed E-state index contributed by atoms with van der Waals surface area (Å²) < 4.78 is 0. The normalized spacial score (nSPS) is 22.9. The molecule has 1 saturated heterocycles. The van der Waals surface area contributed by atoms with Crippen molar-refractivity contribution in [3.8, 4) is 5.75 Å². The lowest BCUT2D eigenvalue weighted by Gasteiger charge is -2.44. The van der Waals surface area contributed by atoms with E-state index in [1.54, 1.807) is 6.07 Å². The lowest BCUT2D eigenvalue weighted by atomic mass is 10.0. The van der Waals surface area contributed by atoms with Gasteiger partial charge in [-0.2, -0.15) is 0 Å². The molecule has 1 aliphatic heterocycles. The number of rotatable bonds is 5. The van der Waals surface area contributed by atoms with Gasteiger partial charge in [-0.15, -0.1) is 0 Å². The third kappa shape index (κ3) is 3.32. The molecule has 1 aromatic carbocycles. The van der Waals surface area contributed by atoms with Gasteiger partial charge >= 0.3 is 0 Å². The molecule has 1 aliphatic rings. The van der Waals surface area contributed by atoms with E-state index in [0.717, 1.165) is 31.7 Å². The summed E-state index contributed by atoms with van der Waals surface area (Å²) >= 11 is 0. The Morgan fingerprint density at radius 3 is 2.75 bits per heavy atom. The predicted molar refractivity (Wildman–Crippen MR) is 82.8 cm³/mol. The van der Waals surface area contributed by atoms with E-state index in [1.165, 1.54) is 6.42 Å².